The van der Waals surface area contributed by atoms with Crippen molar-refractivity contribution in [3.63, 3.8) is 0 Å². The summed E-state index contributed by atoms with van der Waals surface area (Å²) < 4.78 is 10.4. The van der Waals surface area contributed by atoms with Crippen LogP contribution in [0.3, 0.4) is 0 Å². The molecule has 1 heterocycles. The summed E-state index contributed by atoms with van der Waals surface area (Å²) in [5.74, 6) is 0.525. The van der Waals surface area contributed by atoms with Gasteiger partial charge in [-0.1, -0.05) is 18.2 Å². The molecule has 0 aliphatic carbocycles. The van der Waals surface area contributed by atoms with Gasteiger partial charge in [-0.3, -0.25) is 0 Å². The van der Waals surface area contributed by atoms with Crippen molar-refractivity contribution in [3.05, 3.63) is 59.7 Å². The van der Waals surface area contributed by atoms with Crippen LogP contribution >= 0.6 is 0 Å². The molecule has 0 saturated carbocycles. The summed E-state index contributed by atoms with van der Waals surface area (Å²) in [5, 5.41) is 11.0. The first kappa shape index (κ1) is 19.2. The average molecular weight is 369 g/mol. The summed E-state index contributed by atoms with van der Waals surface area (Å²) in [6.07, 6.45) is 1.96. The van der Waals surface area contributed by atoms with E-state index in [0.717, 1.165) is 30.1 Å². The van der Waals surface area contributed by atoms with Gasteiger partial charge in [0.25, 0.3) is 0 Å². The van der Waals surface area contributed by atoms with E-state index < -0.39 is 5.60 Å². The number of hydrogen-bond acceptors (Lipinski definition) is 5. The maximum Gasteiger partial charge on any atom is 0.338 e. The van der Waals surface area contributed by atoms with Crippen LogP contribution in [0.2, 0.25) is 0 Å². The summed E-state index contributed by atoms with van der Waals surface area (Å²) >= 11 is 0. The van der Waals surface area contributed by atoms with Crippen LogP contribution in [0.25, 0.3) is 0 Å². The Balaban J connectivity index is 1.62. The van der Waals surface area contributed by atoms with E-state index in [1.165, 1.54) is 0 Å². The number of piperidine rings is 1. The van der Waals surface area contributed by atoms with E-state index in [4.69, 9.17) is 9.47 Å². The Bertz CT molecular complexity index is 764. The van der Waals surface area contributed by atoms with Crippen LogP contribution in [0.5, 0.6) is 5.75 Å². The number of hydrogen-bond donors (Lipinski definition) is 1. The molecule has 1 aliphatic rings. The lowest BCUT2D eigenvalue weighted by molar-refractivity contribution is 0.0160. The highest BCUT2D eigenvalue weighted by atomic mass is 16.5. The van der Waals surface area contributed by atoms with Crippen LogP contribution < -0.4 is 9.64 Å². The number of anilines is 1. The normalized spacial score (nSPS) is 16.0. The maximum absolute atomic E-state index is 11.8. The summed E-state index contributed by atoms with van der Waals surface area (Å²) in [6, 6.07) is 15.3. The van der Waals surface area contributed by atoms with Crippen LogP contribution in [-0.2, 0) is 11.2 Å². The molecule has 144 valence electrons. The van der Waals surface area contributed by atoms with Crippen molar-refractivity contribution in [2.24, 2.45) is 0 Å². The molecule has 3 rings (SSSR count). The minimum atomic E-state index is -0.726. The van der Waals surface area contributed by atoms with Gasteiger partial charge in [-0.05, 0) is 55.7 Å². The van der Waals surface area contributed by atoms with Crippen molar-refractivity contribution in [2.45, 2.75) is 31.8 Å². The quantitative estimate of drug-likeness (QED) is 0.791. The fourth-order valence-electron chi connectivity index (χ4n) is 3.58. The topological polar surface area (TPSA) is 59.0 Å². The van der Waals surface area contributed by atoms with E-state index >= 15 is 0 Å². The number of methoxy groups -OCH3 is 1. The number of nitrogens with zero attached hydrogens (tertiary/aromatic N) is 1. The van der Waals surface area contributed by atoms with Crippen LogP contribution in [-0.4, -0.2) is 43.5 Å². The van der Waals surface area contributed by atoms with Crippen LogP contribution in [0, 0.1) is 0 Å². The van der Waals surface area contributed by atoms with Crippen LogP contribution in [0.1, 0.15) is 35.7 Å². The second-order valence-electron chi connectivity index (χ2n) is 6.97. The number of aliphatic hydroxyl groups is 1. The molecule has 0 unspecified atom stereocenters. The molecule has 0 bridgehead atoms. The van der Waals surface area contributed by atoms with Gasteiger partial charge in [0.1, 0.15) is 5.75 Å². The first-order valence-corrected chi connectivity index (χ1v) is 9.41. The predicted octanol–water partition coefficient (Wildman–Crippen LogP) is 3.45. The lowest BCUT2D eigenvalue weighted by Gasteiger charge is -2.39. The van der Waals surface area contributed by atoms with Gasteiger partial charge in [0, 0.05) is 25.2 Å². The second-order valence-corrected chi connectivity index (χ2v) is 6.97. The maximum atomic E-state index is 11.8. The molecule has 1 saturated heterocycles. The lowest BCUT2D eigenvalue weighted by atomic mass is 9.85. The summed E-state index contributed by atoms with van der Waals surface area (Å²) in [5.41, 5.74) is 1.93. The average Bonchev–Trinajstić information content (AvgIpc) is 2.69. The summed E-state index contributed by atoms with van der Waals surface area (Å²) in [7, 11) is 1.66. The highest BCUT2D eigenvalue weighted by molar-refractivity contribution is 5.89. The van der Waals surface area contributed by atoms with Gasteiger partial charge in [0.05, 0.1) is 24.9 Å². The van der Waals surface area contributed by atoms with Gasteiger partial charge in [0.2, 0.25) is 0 Å². The van der Waals surface area contributed by atoms with E-state index in [-0.39, 0.29) is 5.97 Å². The summed E-state index contributed by atoms with van der Waals surface area (Å²) in [4.78, 5) is 14.0. The molecule has 2 aromatic rings. The number of carbonyl (C=O) groups is 1. The van der Waals surface area contributed by atoms with Gasteiger partial charge in [0.15, 0.2) is 0 Å². The van der Waals surface area contributed by atoms with E-state index in [1.54, 1.807) is 26.2 Å². The molecule has 0 atom stereocenters. The molecule has 1 N–H and O–H groups in total. The lowest BCUT2D eigenvalue weighted by Crippen LogP contribution is -2.45. The molecule has 0 radical (unpaired) electrons. The zero-order valence-electron chi connectivity index (χ0n) is 16.0. The fraction of sp³-hybridized carbons (Fsp3) is 0.409. The second kappa shape index (κ2) is 8.44. The third-order valence-corrected chi connectivity index (χ3v) is 5.15. The molecule has 0 amide bonds. The van der Waals surface area contributed by atoms with E-state index in [2.05, 4.69) is 4.90 Å². The molecular weight excluding hydrogens is 342 g/mol. The zero-order valence-corrected chi connectivity index (χ0v) is 16.0. The predicted molar refractivity (Wildman–Crippen MR) is 105 cm³/mol. The minimum absolute atomic E-state index is 0.297. The molecule has 27 heavy (non-hydrogen) atoms. The van der Waals surface area contributed by atoms with Crippen LogP contribution in [0.4, 0.5) is 5.69 Å². The molecule has 5 nitrogen and oxygen atoms in total. The van der Waals surface area contributed by atoms with E-state index in [0.29, 0.717) is 31.4 Å². The Hall–Kier alpha value is -2.53. The van der Waals surface area contributed by atoms with E-state index in [9.17, 15) is 9.90 Å². The Kier molecular flexibility index (Phi) is 6.01. The Morgan fingerprint density at radius 2 is 1.78 bits per heavy atom. The molecule has 0 spiro atoms. The van der Waals surface area contributed by atoms with Gasteiger partial charge >= 0.3 is 5.97 Å². The third-order valence-electron chi connectivity index (χ3n) is 5.15. The molecule has 1 fully saturated rings. The fourth-order valence-corrected chi connectivity index (χ4v) is 3.58. The molecule has 2 aromatic carbocycles. The minimum Gasteiger partial charge on any atom is -0.496 e. The number of para-hydroxylation sites is 1. The Morgan fingerprint density at radius 3 is 2.41 bits per heavy atom. The molecule has 1 aliphatic heterocycles. The number of rotatable bonds is 6. The van der Waals surface area contributed by atoms with Crippen molar-refractivity contribution in [1.29, 1.82) is 0 Å². The first-order valence-electron chi connectivity index (χ1n) is 9.41. The Morgan fingerprint density at radius 1 is 1.11 bits per heavy atom. The highest BCUT2D eigenvalue weighted by Crippen LogP contribution is 2.32. The SMILES string of the molecule is CCOC(=O)c1ccc(N2CCC(O)(Cc3ccccc3OC)CC2)cc1. The van der Waals surface area contributed by atoms with Gasteiger partial charge < -0.3 is 19.5 Å². The standard InChI is InChI=1S/C22H27NO4/c1-3-27-21(24)17-8-10-19(11-9-17)23-14-12-22(25,13-15-23)16-18-6-4-5-7-20(18)26-2/h4-11,25H,3,12-16H2,1-2H3. The van der Waals surface area contributed by atoms with Crippen molar-refractivity contribution in [3.8, 4) is 5.75 Å². The molecular formula is C22H27NO4. The van der Waals surface area contributed by atoms with Crippen molar-refractivity contribution in [2.75, 3.05) is 31.7 Å². The van der Waals surface area contributed by atoms with Gasteiger partial charge in [-0.15, -0.1) is 0 Å². The number of ether oxygens (including phenoxy) is 2. The van der Waals surface area contributed by atoms with E-state index in [1.807, 2.05) is 36.4 Å². The van der Waals surface area contributed by atoms with Crippen molar-refractivity contribution in [1.82, 2.24) is 0 Å². The first-order chi connectivity index (χ1) is 13.0. The number of benzene rings is 2. The smallest absolute Gasteiger partial charge is 0.338 e. The Labute approximate surface area is 160 Å². The number of carbonyl (C=O) groups excluding carboxylic acids is 1. The van der Waals surface area contributed by atoms with Crippen molar-refractivity contribution < 1.29 is 19.4 Å². The summed E-state index contributed by atoms with van der Waals surface area (Å²) in [6.45, 7) is 3.71. The van der Waals surface area contributed by atoms with Crippen molar-refractivity contribution >= 4 is 11.7 Å². The monoisotopic (exact) mass is 369 g/mol. The largest absolute Gasteiger partial charge is 0.496 e. The highest BCUT2D eigenvalue weighted by Gasteiger charge is 2.33. The van der Waals surface area contributed by atoms with Gasteiger partial charge in [-0.25, -0.2) is 4.79 Å². The third kappa shape index (κ3) is 4.61. The molecule has 5 heteroatoms. The zero-order chi connectivity index (χ0) is 19.3. The number of esters is 1. The van der Waals surface area contributed by atoms with Crippen LogP contribution in [0.15, 0.2) is 48.5 Å². The van der Waals surface area contributed by atoms with Gasteiger partial charge in [-0.2, -0.15) is 0 Å². The molecule has 0 aromatic heterocycles.